The lowest BCUT2D eigenvalue weighted by Gasteiger charge is -2.34. The summed E-state index contributed by atoms with van der Waals surface area (Å²) in [5, 5.41) is 0.930. The zero-order valence-electron chi connectivity index (χ0n) is 19.1. The van der Waals surface area contributed by atoms with Gasteiger partial charge in [-0.15, -0.1) is 0 Å². The maximum atomic E-state index is 13.1. The molecular weight excluding hydrogens is 424 g/mol. The number of carbonyl (C=O) groups excluding carboxylic acids is 2. The molecule has 0 spiro atoms. The maximum absolute atomic E-state index is 13.1. The molecule has 0 bridgehead atoms. The third-order valence-electron chi connectivity index (χ3n) is 5.93. The van der Waals surface area contributed by atoms with Gasteiger partial charge in [-0.25, -0.2) is 0 Å². The van der Waals surface area contributed by atoms with Crippen LogP contribution in [0.15, 0.2) is 46.9 Å². The number of Topliss-reactive ketones (excluding diaryl/α,β-unsaturated/α-hetero) is 1. The number of amides is 1. The second-order valence-electron chi connectivity index (χ2n) is 7.87. The first kappa shape index (κ1) is 22.7. The number of benzene rings is 2. The van der Waals surface area contributed by atoms with Crippen LogP contribution >= 0.6 is 0 Å². The van der Waals surface area contributed by atoms with Crippen molar-refractivity contribution >= 4 is 22.7 Å². The van der Waals surface area contributed by atoms with Crippen molar-refractivity contribution in [2.45, 2.75) is 6.42 Å². The van der Waals surface area contributed by atoms with Crippen molar-refractivity contribution in [3.05, 3.63) is 53.8 Å². The molecule has 8 nitrogen and oxygen atoms in total. The molecule has 1 aromatic heterocycles. The molecule has 0 atom stereocenters. The van der Waals surface area contributed by atoms with Crippen molar-refractivity contribution in [3.63, 3.8) is 0 Å². The van der Waals surface area contributed by atoms with E-state index in [9.17, 15) is 9.59 Å². The molecule has 0 saturated carbocycles. The van der Waals surface area contributed by atoms with E-state index in [0.717, 1.165) is 11.0 Å². The molecule has 33 heavy (non-hydrogen) atoms. The molecule has 1 aliphatic rings. The fourth-order valence-corrected chi connectivity index (χ4v) is 4.06. The first-order valence-corrected chi connectivity index (χ1v) is 10.9. The van der Waals surface area contributed by atoms with Gasteiger partial charge in [0.15, 0.2) is 23.0 Å². The number of hydrogen-bond acceptors (Lipinski definition) is 7. The average Bonchev–Trinajstić information content (AvgIpc) is 3.30. The molecule has 1 amide bonds. The maximum Gasteiger partial charge on any atom is 0.254 e. The summed E-state index contributed by atoms with van der Waals surface area (Å²) in [5.74, 6) is 1.64. The van der Waals surface area contributed by atoms with Gasteiger partial charge in [-0.05, 0) is 24.3 Å². The summed E-state index contributed by atoms with van der Waals surface area (Å²) in [5.41, 5.74) is 1.21. The van der Waals surface area contributed by atoms with Gasteiger partial charge in [0, 0.05) is 50.1 Å². The third-order valence-corrected chi connectivity index (χ3v) is 5.93. The van der Waals surface area contributed by atoms with E-state index in [2.05, 4.69) is 4.90 Å². The molecule has 0 unspecified atom stereocenters. The summed E-state index contributed by atoms with van der Waals surface area (Å²) >= 11 is 0. The number of hydrogen-bond donors (Lipinski definition) is 0. The van der Waals surface area contributed by atoms with E-state index < -0.39 is 0 Å². The van der Waals surface area contributed by atoms with Crippen molar-refractivity contribution in [2.75, 3.05) is 54.1 Å². The van der Waals surface area contributed by atoms with Crippen molar-refractivity contribution in [3.8, 4) is 17.2 Å². The number of nitrogens with zero attached hydrogens (tertiary/aromatic N) is 2. The molecule has 3 aromatic rings. The Kier molecular flexibility index (Phi) is 6.84. The fraction of sp³-hybridized carbons (Fsp3) is 0.360. The minimum absolute atomic E-state index is 0.0119. The lowest BCUT2D eigenvalue weighted by Crippen LogP contribution is -2.49. The normalized spacial score (nSPS) is 14.3. The lowest BCUT2D eigenvalue weighted by atomic mass is 10.1. The van der Waals surface area contributed by atoms with E-state index in [1.54, 1.807) is 23.1 Å². The van der Waals surface area contributed by atoms with E-state index >= 15 is 0 Å². The molecule has 0 N–H and O–H groups in total. The highest BCUT2D eigenvalue weighted by molar-refractivity contribution is 5.97. The van der Waals surface area contributed by atoms with Crippen LogP contribution in [-0.4, -0.2) is 75.5 Å². The van der Waals surface area contributed by atoms with Crippen LogP contribution < -0.4 is 14.2 Å². The highest BCUT2D eigenvalue weighted by Crippen LogP contribution is 2.38. The molecule has 0 aliphatic carbocycles. The van der Waals surface area contributed by atoms with Crippen LogP contribution in [0.2, 0.25) is 0 Å². The largest absolute Gasteiger partial charge is 0.493 e. The van der Waals surface area contributed by atoms with Crippen molar-refractivity contribution in [1.82, 2.24) is 9.80 Å². The number of methoxy groups -OCH3 is 3. The van der Waals surface area contributed by atoms with Crippen LogP contribution in [0.25, 0.3) is 11.0 Å². The predicted molar refractivity (Wildman–Crippen MR) is 124 cm³/mol. The number of ketones is 1. The molecule has 174 valence electrons. The average molecular weight is 453 g/mol. The Morgan fingerprint density at radius 2 is 1.58 bits per heavy atom. The van der Waals surface area contributed by atoms with E-state index in [1.807, 2.05) is 24.3 Å². The second-order valence-corrected chi connectivity index (χ2v) is 7.87. The Bertz CT molecular complexity index is 1090. The van der Waals surface area contributed by atoms with Gasteiger partial charge in [-0.3, -0.25) is 14.5 Å². The number of carbonyl (C=O) groups is 2. The minimum Gasteiger partial charge on any atom is -0.493 e. The fourth-order valence-electron chi connectivity index (χ4n) is 4.06. The van der Waals surface area contributed by atoms with E-state index in [1.165, 1.54) is 21.3 Å². The highest BCUT2D eigenvalue weighted by atomic mass is 16.5. The Hall–Kier alpha value is -3.52. The summed E-state index contributed by atoms with van der Waals surface area (Å²) in [6, 6.07) is 12.7. The van der Waals surface area contributed by atoms with Crippen LogP contribution in [0.1, 0.15) is 27.3 Å². The summed E-state index contributed by atoms with van der Waals surface area (Å²) in [6.07, 6.45) is 0.376. The minimum atomic E-state index is -0.0905. The molecular formula is C25H28N2O6. The highest BCUT2D eigenvalue weighted by Gasteiger charge is 2.25. The summed E-state index contributed by atoms with van der Waals surface area (Å²) in [6.45, 7) is 3.18. The third kappa shape index (κ3) is 4.80. The van der Waals surface area contributed by atoms with Crippen LogP contribution in [0.4, 0.5) is 0 Å². The SMILES string of the molecule is COc1cc(C(=O)N2CCN(CCC(=O)c3cc4ccccc4o3)CC2)cc(OC)c1OC. The molecule has 4 rings (SSSR count). The molecule has 1 fully saturated rings. The van der Waals surface area contributed by atoms with Crippen LogP contribution in [-0.2, 0) is 0 Å². The zero-order chi connectivity index (χ0) is 23.4. The topological polar surface area (TPSA) is 81.5 Å². The smallest absolute Gasteiger partial charge is 0.254 e. The van der Waals surface area contributed by atoms with E-state index in [4.69, 9.17) is 18.6 Å². The molecule has 1 saturated heterocycles. The molecule has 2 heterocycles. The molecule has 8 heteroatoms. The number of furan rings is 1. The standard InChI is InChI=1S/C25H28N2O6/c1-30-22-15-18(16-23(31-2)24(22)32-3)25(29)27-12-10-26(11-13-27)9-8-19(28)21-14-17-6-4-5-7-20(17)33-21/h4-7,14-16H,8-13H2,1-3H3. The van der Waals surface area contributed by atoms with Gasteiger partial charge in [0.2, 0.25) is 5.75 Å². The first-order chi connectivity index (χ1) is 16.0. The monoisotopic (exact) mass is 452 g/mol. The number of ether oxygens (including phenoxy) is 3. The zero-order valence-corrected chi connectivity index (χ0v) is 19.1. The van der Waals surface area contributed by atoms with E-state index in [0.29, 0.717) is 67.7 Å². The van der Waals surface area contributed by atoms with Crippen molar-refractivity contribution in [1.29, 1.82) is 0 Å². The summed E-state index contributed by atoms with van der Waals surface area (Å²) < 4.78 is 21.7. The van der Waals surface area contributed by atoms with Crippen LogP contribution in [0, 0.1) is 0 Å². The molecule has 1 aliphatic heterocycles. The van der Waals surface area contributed by atoms with Crippen LogP contribution in [0.3, 0.4) is 0 Å². The van der Waals surface area contributed by atoms with Gasteiger partial charge in [0.05, 0.1) is 21.3 Å². The van der Waals surface area contributed by atoms with Crippen LogP contribution in [0.5, 0.6) is 17.2 Å². The number of rotatable bonds is 8. The molecule has 2 aromatic carbocycles. The van der Waals surface area contributed by atoms with Crippen molar-refractivity contribution in [2.24, 2.45) is 0 Å². The Balaban J connectivity index is 1.33. The second kappa shape index (κ2) is 9.95. The van der Waals surface area contributed by atoms with Gasteiger partial charge in [0.25, 0.3) is 5.91 Å². The Morgan fingerprint density at radius 3 is 2.18 bits per heavy atom. The summed E-state index contributed by atoms with van der Waals surface area (Å²) in [7, 11) is 4.58. The predicted octanol–water partition coefficient (Wildman–Crippen LogP) is 3.49. The van der Waals surface area contributed by atoms with E-state index in [-0.39, 0.29) is 11.7 Å². The number of fused-ring (bicyclic) bond motifs is 1. The van der Waals surface area contributed by atoms with Gasteiger partial charge in [-0.2, -0.15) is 0 Å². The Labute approximate surface area is 192 Å². The van der Waals surface area contributed by atoms with Gasteiger partial charge in [-0.1, -0.05) is 18.2 Å². The summed E-state index contributed by atoms with van der Waals surface area (Å²) in [4.78, 5) is 29.6. The first-order valence-electron chi connectivity index (χ1n) is 10.9. The number of piperazine rings is 1. The molecule has 0 radical (unpaired) electrons. The van der Waals surface area contributed by atoms with Gasteiger partial charge < -0.3 is 23.5 Å². The number of para-hydroxylation sites is 1. The lowest BCUT2D eigenvalue weighted by molar-refractivity contribution is 0.0626. The van der Waals surface area contributed by atoms with Crippen molar-refractivity contribution < 1.29 is 28.2 Å². The van der Waals surface area contributed by atoms with Gasteiger partial charge in [0.1, 0.15) is 5.58 Å². The quantitative estimate of drug-likeness (QED) is 0.484. The Morgan fingerprint density at radius 1 is 0.909 bits per heavy atom. The van der Waals surface area contributed by atoms with Gasteiger partial charge >= 0.3 is 0 Å².